The topological polar surface area (TPSA) is 62.1 Å². The van der Waals surface area contributed by atoms with Crippen LogP contribution in [0.4, 0.5) is 0 Å². The van der Waals surface area contributed by atoms with Gasteiger partial charge in [-0.05, 0) is 47.2 Å². The van der Waals surface area contributed by atoms with E-state index < -0.39 is 5.97 Å². The summed E-state index contributed by atoms with van der Waals surface area (Å²) in [4.78, 5) is 12.2. The van der Waals surface area contributed by atoms with E-state index in [-0.39, 0.29) is 11.3 Å². The number of carbonyl (C=O) groups is 1. The van der Waals surface area contributed by atoms with Crippen LogP contribution in [0.1, 0.15) is 25.3 Å². The van der Waals surface area contributed by atoms with Crippen LogP contribution >= 0.6 is 34.2 Å². The Hall–Kier alpha value is -1.28. The van der Waals surface area contributed by atoms with E-state index >= 15 is 0 Å². The van der Waals surface area contributed by atoms with Gasteiger partial charge >= 0.3 is 5.97 Å². The Morgan fingerprint density at radius 2 is 2.17 bits per heavy atom. The highest BCUT2D eigenvalue weighted by atomic mass is 127. The molecule has 23 heavy (non-hydrogen) atoms. The Morgan fingerprint density at radius 3 is 2.78 bits per heavy atom. The molecule has 0 unspecified atom stereocenters. The van der Waals surface area contributed by atoms with Crippen LogP contribution in [0.15, 0.2) is 28.9 Å². The third-order valence-corrected chi connectivity index (χ3v) is 3.81. The Kier molecular flexibility index (Phi) is 8.40. The normalized spacial score (nSPS) is 12.2. The van der Waals surface area contributed by atoms with Gasteiger partial charge in [0.2, 0.25) is 0 Å². The highest BCUT2D eigenvalue weighted by Crippen LogP contribution is 2.26. The number of hydrazone groups is 1. The average molecular weight is 451 g/mol. The Bertz CT molecular complexity index is 615. The Labute approximate surface area is 155 Å². The van der Waals surface area contributed by atoms with Crippen molar-refractivity contribution in [3.05, 3.63) is 37.9 Å². The first kappa shape index (κ1) is 19.8. The van der Waals surface area contributed by atoms with Crippen molar-refractivity contribution in [1.29, 1.82) is 0 Å². The Morgan fingerprint density at radius 1 is 1.48 bits per heavy atom. The molecule has 0 fully saturated rings. The molecule has 0 amide bonds. The highest BCUT2D eigenvalue weighted by Gasteiger charge is 2.19. The molecule has 0 aliphatic heterocycles. The second-order valence-corrected chi connectivity index (χ2v) is 6.62. The first-order valence-corrected chi connectivity index (χ1v) is 8.59. The van der Waals surface area contributed by atoms with E-state index in [1.165, 1.54) is 11.2 Å². The zero-order valence-electron chi connectivity index (χ0n) is 13.3. The van der Waals surface area contributed by atoms with Crippen LogP contribution in [0, 0.1) is 3.57 Å². The number of aliphatic hydroxyl groups is 1. The molecule has 0 heterocycles. The summed E-state index contributed by atoms with van der Waals surface area (Å²) in [5.74, 6) is -0.878. The maximum absolute atomic E-state index is 12.2. The van der Waals surface area contributed by atoms with Crippen LogP contribution < -0.4 is 0 Å². The fraction of sp³-hybridized carbons (Fsp3) is 0.375. The summed E-state index contributed by atoms with van der Waals surface area (Å²) >= 11 is 8.23. The number of esters is 1. The zero-order chi connectivity index (χ0) is 17.4. The number of halogens is 2. The largest absolute Gasteiger partial charge is 0.506 e. The number of hydrogen-bond donors (Lipinski definition) is 1. The summed E-state index contributed by atoms with van der Waals surface area (Å²) in [6, 6.07) is 5.17. The number of ether oxygens (including phenoxy) is 1. The maximum Gasteiger partial charge on any atom is 0.343 e. The first-order valence-electron chi connectivity index (χ1n) is 7.13. The molecule has 126 valence electrons. The van der Waals surface area contributed by atoms with Gasteiger partial charge in [-0.3, -0.25) is 0 Å². The minimum absolute atomic E-state index is 0.0290. The number of unbranched alkanes of at least 4 members (excludes halogenated alkanes) is 1. The maximum atomic E-state index is 12.2. The van der Waals surface area contributed by atoms with Crippen molar-refractivity contribution in [3.63, 3.8) is 0 Å². The first-order chi connectivity index (χ1) is 10.9. The molecule has 0 saturated carbocycles. The molecule has 0 atom stereocenters. The van der Waals surface area contributed by atoms with Gasteiger partial charge in [-0.15, -0.1) is 0 Å². The van der Waals surface area contributed by atoms with Crippen molar-refractivity contribution in [1.82, 2.24) is 5.01 Å². The van der Waals surface area contributed by atoms with Gasteiger partial charge in [-0.25, -0.2) is 4.79 Å². The van der Waals surface area contributed by atoms with Crippen molar-refractivity contribution in [3.8, 4) is 0 Å². The van der Waals surface area contributed by atoms with Gasteiger partial charge in [0, 0.05) is 23.2 Å². The van der Waals surface area contributed by atoms with Crippen LogP contribution in [0.3, 0.4) is 0 Å². The smallest absolute Gasteiger partial charge is 0.343 e. The minimum atomic E-state index is -0.628. The summed E-state index contributed by atoms with van der Waals surface area (Å²) in [7, 11) is 3.43. The van der Waals surface area contributed by atoms with Crippen molar-refractivity contribution >= 4 is 52.1 Å². The van der Waals surface area contributed by atoms with Crippen molar-refractivity contribution in [2.24, 2.45) is 5.10 Å². The molecule has 1 aromatic rings. The third kappa shape index (κ3) is 6.39. The van der Waals surface area contributed by atoms with E-state index in [1.807, 2.05) is 13.0 Å². The summed E-state index contributed by atoms with van der Waals surface area (Å²) < 4.78 is 6.06. The molecule has 0 bridgehead atoms. The predicted octanol–water partition coefficient (Wildman–Crippen LogP) is 4.10. The Balaban J connectivity index is 3.24. The fourth-order valence-corrected chi connectivity index (χ4v) is 2.29. The molecule has 5 nitrogen and oxygen atoms in total. The van der Waals surface area contributed by atoms with Gasteiger partial charge < -0.3 is 14.9 Å². The number of aliphatic hydroxyl groups excluding tert-OH is 1. The van der Waals surface area contributed by atoms with E-state index in [2.05, 4.69) is 27.7 Å². The van der Waals surface area contributed by atoms with E-state index in [0.717, 1.165) is 16.4 Å². The van der Waals surface area contributed by atoms with Gasteiger partial charge in [-0.2, -0.15) is 5.10 Å². The molecule has 1 N–H and O–H groups in total. The summed E-state index contributed by atoms with van der Waals surface area (Å²) in [6.45, 7) is 2.29. The molecule has 0 radical (unpaired) electrons. The zero-order valence-corrected chi connectivity index (χ0v) is 16.3. The molecule has 0 aliphatic rings. The monoisotopic (exact) mass is 450 g/mol. The van der Waals surface area contributed by atoms with Crippen LogP contribution in [-0.2, 0) is 9.53 Å². The van der Waals surface area contributed by atoms with E-state index in [9.17, 15) is 9.90 Å². The van der Waals surface area contributed by atoms with E-state index in [1.54, 1.807) is 26.2 Å². The van der Waals surface area contributed by atoms with Gasteiger partial charge in [0.1, 0.15) is 11.3 Å². The average Bonchev–Trinajstić information content (AvgIpc) is 2.49. The lowest BCUT2D eigenvalue weighted by Crippen LogP contribution is -2.14. The van der Waals surface area contributed by atoms with Gasteiger partial charge in [-0.1, -0.05) is 24.9 Å². The van der Waals surface area contributed by atoms with Crippen LogP contribution in [0.25, 0.3) is 5.76 Å². The number of rotatable bonds is 7. The van der Waals surface area contributed by atoms with Crippen LogP contribution in [0.2, 0.25) is 5.02 Å². The molecule has 1 rings (SSSR count). The second kappa shape index (κ2) is 9.77. The molecule has 0 aromatic heterocycles. The number of hydrogen-bond acceptors (Lipinski definition) is 5. The number of carbonyl (C=O) groups excluding carboxylic acids is 1. The predicted molar refractivity (Wildman–Crippen MR) is 102 cm³/mol. The summed E-state index contributed by atoms with van der Waals surface area (Å²) in [5, 5.41) is 16.4. The van der Waals surface area contributed by atoms with Gasteiger partial charge in [0.15, 0.2) is 0 Å². The minimum Gasteiger partial charge on any atom is -0.506 e. The lowest BCUT2D eigenvalue weighted by molar-refractivity contribution is -0.138. The quantitative estimate of drug-likeness (QED) is 0.129. The van der Waals surface area contributed by atoms with Crippen LogP contribution in [0.5, 0.6) is 0 Å². The number of nitrogens with zero attached hydrogens (tertiary/aromatic N) is 2. The van der Waals surface area contributed by atoms with Crippen molar-refractivity contribution < 1.29 is 14.6 Å². The lowest BCUT2D eigenvalue weighted by Gasteiger charge is -2.10. The second-order valence-electron chi connectivity index (χ2n) is 4.97. The summed E-state index contributed by atoms with van der Waals surface area (Å²) in [6.07, 6.45) is 2.95. The lowest BCUT2D eigenvalue weighted by atomic mass is 10.1. The fourth-order valence-electron chi connectivity index (χ4n) is 1.59. The van der Waals surface area contributed by atoms with Gasteiger partial charge in [0.25, 0.3) is 0 Å². The summed E-state index contributed by atoms with van der Waals surface area (Å²) in [5.41, 5.74) is 0.338. The van der Waals surface area contributed by atoms with E-state index in [0.29, 0.717) is 17.2 Å². The molecular weight excluding hydrogens is 431 g/mol. The third-order valence-electron chi connectivity index (χ3n) is 2.81. The molecule has 0 aliphatic carbocycles. The molecule has 0 spiro atoms. The highest BCUT2D eigenvalue weighted by molar-refractivity contribution is 14.1. The number of benzene rings is 1. The standard InChI is InChI=1S/C16H20ClIN2O3/c1-4-5-8-23-16(22)13(10-19-20(2)3)15(21)12-9-11(18)6-7-14(12)17/h6-7,9-10,21H,4-5,8H2,1-3H3. The van der Waals surface area contributed by atoms with Crippen LogP contribution in [-0.4, -0.2) is 43.0 Å². The molecule has 1 aromatic carbocycles. The van der Waals surface area contributed by atoms with Gasteiger partial charge in [0.05, 0.1) is 17.8 Å². The molecular formula is C16H20ClIN2O3. The van der Waals surface area contributed by atoms with E-state index in [4.69, 9.17) is 16.3 Å². The van der Waals surface area contributed by atoms with Crippen molar-refractivity contribution in [2.75, 3.05) is 20.7 Å². The van der Waals surface area contributed by atoms with Crippen molar-refractivity contribution in [2.45, 2.75) is 19.8 Å². The molecule has 7 heteroatoms. The molecule has 0 saturated heterocycles. The SMILES string of the molecule is CCCCOC(=O)C(C=NN(C)C)=C(O)c1cc(I)ccc1Cl.